The lowest BCUT2D eigenvalue weighted by molar-refractivity contribution is -0.267. The van der Waals surface area contributed by atoms with Crippen molar-refractivity contribution in [3.05, 3.63) is 83.0 Å². The molecule has 2 aromatic heterocycles. The molecule has 8 nitrogen and oxygen atoms in total. The summed E-state index contributed by atoms with van der Waals surface area (Å²) in [5.41, 5.74) is 2.58. The number of carbonyl (C=O) groups excluding carboxylic acids is 1. The number of aromatic amines is 1. The highest BCUT2D eigenvalue weighted by Crippen LogP contribution is 2.37. The van der Waals surface area contributed by atoms with Crippen LogP contribution >= 0.6 is 0 Å². The number of rotatable bonds is 7. The molecule has 0 fully saturated rings. The van der Waals surface area contributed by atoms with Crippen molar-refractivity contribution in [1.82, 2.24) is 15.1 Å². The van der Waals surface area contributed by atoms with Gasteiger partial charge in [-0.05, 0) is 28.8 Å². The molecule has 0 unspecified atom stereocenters. The van der Waals surface area contributed by atoms with E-state index in [1.165, 1.54) is 12.3 Å². The highest BCUT2D eigenvalue weighted by Gasteiger charge is 2.63. The molecule has 0 aliphatic carbocycles. The van der Waals surface area contributed by atoms with Crippen molar-refractivity contribution in [3.63, 3.8) is 0 Å². The van der Waals surface area contributed by atoms with Crippen LogP contribution in [-0.2, 0) is 11.3 Å². The van der Waals surface area contributed by atoms with E-state index in [1.807, 2.05) is 12.1 Å². The van der Waals surface area contributed by atoms with Crippen LogP contribution in [0.3, 0.4) is 0 Å². The molecule has 36 heavy (non-hydrogen) atoms. The predicted octanol–water partition coefficient (Wildman–Crippen LogP) is 4.84. The minimum atomic E-state index is -6.03. The van der Waals surface area contributed by atoms with Crippen LogP contribution in [0.5, 0.6) is 0 Å². The van der Waals surface area contributed by atoms with Crippen molar-refractivity contribution in [1.29, 1.82) is 0 Å². The monoisotopic (exact) mass is 505 g/mol. The summed E-state index contributed by atoms with van der Waals surface area (Å²) in [7, 11) is 0. The van der Waals surface area contributed by atoms with Gasteiger partial charge in [-0.2, -0.15) is 22.0 Å². The number of H-pyrrole nitrogens is 1. The Hall–Kier alpha value is -4.55. The predicted molar refractivity (Wildman–Crippen MR) is 119 cm³/mol. The molecule has 3 N–H and O–H groups in total. The first-order valence-electron chi connectivity index (χ1n) is 10.3. The third kappa shape index (κ3) is 5.09. The first-order chi connectivity index (χ1) is 17.1. The quantitative estimate of drug-likeness (QED) is 0.310. The molecule has 2 aromatic carbocycles. The summed E-state index contributed by atoms with van der Waals surface area (Å²) in [6, 6.07) is 16.7. The molecule has 4 rings (SSSR count). The Morgan fingerprint density at radius 2 is 1.64 bits per heavy atom. The average Bonchev–Trinajstić information content (AvgIpc) is 3.29. The van der Waals surface area contributed by atoms with Crippen molar-refractivity contribution in [2.45, 2.75) is 18.6 Å². The molecule has 0 saturated carbocycles. The lowest BCUT2D eigenvalue weighted by Crippen LogP contribution is -2.47. The highest BCUT2D eigenvalue weighted by molar-refractivity contribution is 5.98. The molecule has 4 aromatic rings. The fraction of sp³-hybridized carbons (Fsp3) is 0.130. The van der Waals surface area contributed by atoms with Gasteiger partial charge in [0.25, 0.3) is 0 Å². The summed E-state index contributed by atoms with van der Waals surface area (Å²) in [6.07, 6.45) is -4.75. The summed E-state index contributed by atoms with van der Waals surface area (Å²) < 4.78 is 68.6. The van der Waals surface area contributed by atoms with Crippen molar-refractivity contribution in [2.24, 2.45) is 0 Å². The van der Waals surface area contributed by atoms with E-state index in [0.29, 0.717) is 5.56 Å². The molecule has 2 heterocycles. The van der Waals surface area contributed by atoms with Gasteiger partial charge in [0.05, 0.1) is 5.69 Å². The Balaban J connectivity index is 1.48. The summed E-state index contributed by atoms with van der Waals surface area (Å²) in [4.78, 5) is 29.3. The number of hydrogen-bond donors (Lipinski definition) is 3. The van der Waals surface area contributed by atoms with Crippen LogP contribution in [0, 0.1) is 0 Å². The molecule has 0 aliphatic rings. The SMILES string of the molecule is O=C(Nc1cccnc1NCc1ccc(-c2ccccc2-c2noc(=O)[nH]2)cc1)C(F)(F)C(F)(F)F. The van der Waals surface area contributed by atoms with Crippen LogP contribution in [0.1, 0.15) is 5.56 Å². The Morgan fingerprint density at radius 3 is 2.28 bits per heavy atom. The van der Waals surface area contributed by atoms with Crippen molar-refractivity contribution in [3.8, 4) is 22.5 Å². The van der Waals surface area contributed by atoms with Gasteiger partial charge in [0.1, 0.15) is 5.82 Å². The number of pyridine rings is 1. The number of amides is 1. The van der Waals surface area contributed by atoms with Crippen LogP contribution in [0.25, 0.3) is 22.5 Å². The number of hydrogen-bond acceptors (Lipinski definition) is 6. The lowest BCUT2D eigenvalue weighted by atomic mass is 9.98. The van der Waals surface area contributed by atoms with E-state index in [4.69, 9.17) is 0 Å². The standard InChI is InChI=1S/C23H16F5N5O3/c24-22(25,23(26,27)28)20(34)31-17-6-3-11-29-19(17)30-12-13-7-9-14(10-8-13)15-4-1-2-5-16(15)18-32-21(35)36-33-18/h1-11H,12H2,(H,29,30)(H,31,34)(H,32,33,35). The Bertz CT molecular complexity index is 1430. The maximum Gasteiger partial charge on any atom is 0.463 e. The second-order valence-corrected chi connectivity index (χ2v) is 7.47. The fourth-order valence-electron chi connectivity index (χ4n) is 3.25. The van der Waals surface area contributed by atoms with Gasteiger partial charge >= 0.3 is 23.8 Å². The summed E-state index contributed by atoms with van der Waals surface area (Å²) >= 11 is 0. The Morgan fingerprint density at radius 1 is 0.944 bits per heavy atom. The van der Waals surface area contributed by atoms with E-state index in [-0.39, 0.29) is 23.9 Å². The number of benzene rings is 2. The molecular formula is C23H16F5N5O3. The number of alkyl halides is 5. The smallest absolute Gasteiger partial charge is 0.364 e. The van der Waals surface area contributed by atoms with Crippen molar-refractivity contribution in [2.75, 3.05) is 10.6 Å². The highest BCUT2D eigenvalue weighted by atomic mass is 19.4. The molecule has 0 saturated heterocycles. The molecule has 13 heteroatoms. The molecular weight excluding hydrogens is 489 g/mol. The second-order valence-electron chi connectivity index (χ2n) is 7.47. The van der Waals surface area contributed by atoms with E-state index in [2.05, 4.69) is 25.0 Å². The number of anilines is 2. The number of halogens is 5. The van der Waals surface area contributed by atoms with E-state index in [1.54, 1.807) is 41.7 Å². The largest absolute Gasteiger partial charge is 0.463 e. The first-order valence-corrected chi connectivity index (χ1v) is 10.3. The van der Waals surface area contributed by atoms with Crippen molar-refractivity contribution >= 4 is 17.4 Å². The second kappa shape index (κ2) is 9.60. The number of aromatic nitrogens is 3. The molecule has 0 bridgehead atoms. The lowest BCUT2D eigenvalue weighted by Gasteiger charge is -2.19. The van der Waals surface area contributed by atoms with Gasteiger partial charge in [-0.25, -0.2) is 9.78 Å². The maximum absolute atomic E-state index is 13.3. The minimum absolute atomic E-state index is 0.0896. The minimum Gasteiger partial charge on any atom is -0.364 e. The van der Waals surface area contributed by atoms with Gasteiger partial charge in [-0.15, -0.1) is 0 Å². The molecule has 0 spiro atoms. The van der Waals surface area contributed by atoms with Crippen LogP contribution in [0.2, 0.25) is 0 Å². The zero-order chi connectivity index (χ0) is 25.9. The van der Waals surface area contributed by atoms with E-state index >= 15 is 0 Å². The van der Waals surface area contributed by atoms with Gasteiger partial charge in [0, 0.05) is 18.3 Å². The molecule has 0 aliphatic heterocycles. The summed E-state index contributed by atoms with van der Waals surface area (Å²) in [5.74, 6) is -8.59. The zero-order valence-electron chi connectivity index (χ0n) is 18.1. The topological polar surface area (TPSA) is 113 Å². The van der Waals surface area contributed by atoms with Crippen LogP contribution in [0.15, 0.2) is 76.2 Å². The van der Waals surface area contributed by atoms with Gasteiger partial charge in [-0.1, -0.05) is 53.7 Å². The Labute approximate surface area is 199 Å². The van der Waals surface area contributed by atoms with Crippen molar-refractivity contribution < 1.29 is 31.3 Å². The average molecular weight is 505 g/mol. The maximum atomic E-state index is 13.3. The summed E-state index contributed by atoms with van der Waals surface area (Å²) in [5, 5.41) is 8.10. The normalized spacial score (nSPS) is 11.8. The summed E-state index contributed by atoms with van der Waals surface area (Å²) in [6.45, 7) is 0.119. The third-order valence-corrected chi connectivity index (χ3v) is 5.04. The molecule has 1 amide bonds. The van der Waals surface area contributed by atoms with E-state index < -0.39 is 23.8 Å². The van der Waals surface area contributed by atoms with E-state index in [0.717, 1.165) is 22.8 Å². The number of carbonyl (C=O) groups is 1. The van der Waals surface area contributed by atoms with Gasteiger partial charge in [0.15, 0.2) is 5.82 Å². The fourth-order valence-corrected chi connectivity index (χ4v) is 3.25. The van der Waals surface area contributed by atoms with Gasteiger partial charge < -0.3 is 10.6 Å². The van der Waals surface area contributed by atoms with Gasteiger partial charge in [-0.3, -0.25) is 14.3 Å². The molecule has 0 radical (unpaired) electrons. The molecule has 186 valence electrons. The van der Waals surface area contributed by atoms with E-state index in [9.17, 15) is 31.5 Å². The van der Waals surface area contributed by atoms with Crippen LogP contribution < -0.4 is 16.4 Å². The van der Waals surface area contributed by atoms with Crippen LogP contribution in [0.4, 0.5) is 33.5 Å². The van der Waals surface area contributed by atoms with Gasteiger partial charge in [0.2, 0.25) is 0 Å². The first kappa shape index (κ1) is 24.6. The zero-order valence-corrected chi connectivity index (χ0v) is 18.1. The number of nitrogens with zero attached hydrogens (tertiary/aromatic N) is 2. The Kier molecular flexibility index (Phi) is 6.55. The number of nitrogens with one attached hydrogen (secondary N) is 3. The van der Waals surface area contributed by atoms with Crippen LogP contribution in [-0.4, -0.2) is 33.1 Å². The third-order valence-electron chi connectivity index (χ3n) is 5.04. The molecule has 0 atom stereocenters.